The molecule has 0 amide bonds. The average molecular weight is 422 g/mol. The Balaban J connectivity index is 1.56. The lowest BCUT2D eigenvalue weighted by molar-refractivity contribution is 0.260. The fourth-order valence-corrected chi connectivity index (χ4v) is 4.62. The number of phenols is 1. The fraction of sp³-hybridized carbons (Fsp3) is 0.474. The third kappa shape index (κ3) is 5.94. The van der Waals surface area contributed by atoms with E-state index in [2.05, 4.69) is 20.4 Å². The van der Waals surface area contributed by atoms with E-state index < -0.39 is 10.0 Å². The molecule has 1 aromatic heterocycles. The van der Waals surface area contributed by atoms with Gasteiger partial charge in [0.1, 0.15) is 17.8 Å². The van der Waals surface area contributed by atoms with Crippen LogP contribution in [0.1, 0.15) is 18.2 Å². The molecule has 2 heterocycles. The van der Waals surface area contributed by atoms with Crippen molar-refractivity contribution in [2.24, 2.45) is 4.99 Å². The smallest absolute Gasteiger partial charge is 0.220 e. The summed E-state index contributed by atoms with van der Waals surface area (Å²) in [6.07, 6.45) is 2.09. The Morgan fingerprint density at radius 2 is 2.07 bits per heavy atom. The first-order valence-electron chi connectivity index (χ1n) is 9.66. The van der Waals surface area contributed by atoms with E-state index in [1.54, 1.807) is 18.2 Å². The molecule has 0 radical (unpaired) electrons. The zero-order valence-corrected chi connectivity index (χ0v) is 17.3. The van der Waals surface area contributed by atoms with Crippen molar-refractivity contribution in [1.82, 2.24) is 19.7 Å². The highest BCUT2D eigenvalue weighted by atomic mass is 32.2. The monoisotopic (exact) mass is 421 g/mol. The molecule has 1 fully saturated rings. The highest BCUT2D eigenvalue weighted by Crippen LogP contribution is 2.14. The minimum Gasteiger partial charge on any atom is -0.508 e. The average Bonchev–Trinajstić information content (AvgIpc) is 3.20. The molecule has 1 aliphatic rings. The van der Waals surface area contributed by atoms with Gasteiger partial charge in [0.2, 0.25) is 10.0 Å². The van der Waals surface area contributed by atoms with E-state index in [4.69, 9.17) is 4.52 Å². The summed E-state index contributed by atoms with van der Waals surface area (Å²) in [7, 11) is -3.42. The van der Waals surface area contributed by atoms with E-state index in [1.165, 1.54) is 10.6 Å². The van der Waals surface area contributed by atoms with Gasteiger partial charge in [0.15, 0.2) is 5.96 Å². The number of aliphatic imine (C=N–C) groups is 1. The normalized spacial score (nSPS) is 16.2. The van der Waals surface area contributed by atoms with Crippen molar-refractivity contribution in [2.75, 3.05) is 39.3 Å². The van der Waals surface area contributed by atoms with E-state index >= 15 is 0 Å². The second-order valence-electron chi connectivity index (χ2n) is 6.79. The quantitative estimate of drug-likeness (QED) is 0.507. The van der Waals surface area contributed by atoms with Gasteiger partial charge in [-0.2, -0.15) is 4.31 Å². The maximum atomic E-state index is 12.6. The second-order valence-corrected chi connectivity index (χ2v) is 8.76. The molecule has 9 nitrogen and oxygen atoms in total. The Kier molecular flexibility index (Phi) is 7.10. The van der Waals surface area contributed by atoms with Crippen LogP contribution in [0.25, 0.3) is 0 Å². The number of guanidine groups is 1. The van der Waals surface area contributed by atoms with Crippen LogP contribution in [0, 0.1) is 0 Å². The van der Waals surface area contributed by atoms with E-state index in [0.717, 1.165) is 24.5 Å². The Labute approximate surface area is 171 Å². The summed E-state index contributed by atoms with van der Waals surface area (Å²) in [5, 5.41) is 16.5. The lowest BCUT2D eigenvalue weighted by Gasteiger charge is -2.35. The number of aromatic nitrogens is 1. The van der Waals surface area contributed by atoms with Gasteiger partial charge in [-0.05, 0) is 31.0 Å². The number of piperazine rings is 1. The number of aromatic hydroxyl groups is 1. The van der Waals surface area contributed by atoms with E-state index in [-0.39, 0.29) is 11.5 Å². The van der Waals surface area contributed by atoms with Crippen molar-refractivity contribution < 1.29 is 18.0 Å². The molecular formula is C19H27N5O4S. The number of nitrogens with zero attached hydrogens (tertiary/aromatic N) is 4. The molecule has 2 N–H and O–H groups in total. The predicted molar refractivity (Wildman–Crippen MR) is 110 cm³/mol. The number of benzene rings is 1. The van der Waals surface area contributed by atoms with Crippen LogP contribution in [0.3, 0.4) is 0 Å². The summed E-state index contributed by atoms with van der Waals surface area (Å²) in [6.45, 7) is 5.25. The Hall–Kier alpha value is -2.59. The Morgan fingerprint density at radius 1 is 1.28 bits per heavy atom. The van der Waals surface area contributed by atoms with Crippen molar-refractivity contribution in [3.63, 3.8) is 0 Å². The van der Waals surface area contributed by atoms with Gasteiger partial charge in [-0.15, -0.1) is 0 Å². The molecule has 10 heteroatoms. The summed E-state index contributed by atoms with van der Waals surface area (Å²) >= 11 is 0. The number of hydrogen-bond acceptors (Lipinski definition) is 6. The fourth-order valence-electron chi connectivity index (χ4n) is 3.20. The summed E-state index contributed by atoms with van der Waals surface area (Å²) in [5.74, 6) is 0.879. The molecule has 1 aromatic carbocycles. The first kappa shape index (κ1) is 21.1. The van der Waals surface area contributed by atoms with Crippen LogP contribution in [0.15, 0.2) is 46.1 Å². The summed E-state index contributed by atoms with van der Waals surface area (Å²) in [4.78, 5) is 6.75. The summed E-state index contributed by atoms with van der Waals surface area (Å²) < 4.78 is 31.4. The van der Waals surface area contributed by atoms with Gasteiger partial charge in [-0.3, -0.25) is 4.99 Å². The first-order chi connectivity index (χ1) is 14.0. The lowest BCUT2D eigenvalue weighted by Crippen LogP contribution is -2.54. The van der Waals surface area contributed by atoms with Gasteiger partial charge in [0.25, 0.3) is 0 Å². The molecule has 0 unspecified atom stereocenters. The third-order valence-electron chi connectivity index (χ3n) is 4.66. The minimum absolute atomic E-state index is 0.151. The van der Waals surface area contributed by atoms with E-state index in [0.29, 0.717) is 38.4 Å². The molecule has 0 saturated carbocycles. The SMILES string of the molecule is CCNC(=NCCc1cccc(O)c1)N1CCN(S(=O)(=O)Cc2ccon2)CC1. The zero-order chi connectivity index (χ0) is 20.7. The Bertz CT molecular complexity index is 906. The van der Waals surface area contributed by atoms with Gasteiger partial charge >= 0.3 is 0 Å². The Morgan fingerprint density at radius 3 is 2.72 bits per heavy atom. The molecule has 1 saturated heterocycles. The largest absolute Gasteiger partial charge is 0.508 e. The van der Waals surface area contributed by atoms with Crippen LogP contribution < -0.4 is 5.32 Å². The molecule has 3 rings (SSSR count). The van der Waals surface area contributed by atoms with Gasteiger partial charge in [-0.1, -0.05) is 17.3 Å². The topological polar surface area (TPSA) is 111 Å². The van der Waals surface area contributed by atoms with E-state index in [9.17, 15) is 13.5 Å². The standard InChI is InChI=1S/C19H27N5O4S/c1-2-20-19(21-8-6-16-4-3-5-18(25)14-16)23-9-11-24(12-10-23)29(26,27)15-17-7-13-28-22-17/h3-5,7,13-14,25H,2,6,8-12,15H2,1H3,(H,20,21). The first-order valence-corrected chi connectivity index (χ1v) is 11.3. The molecule has 2 aromatic rings. The lowest BCUT2D eigenvalue weighted by atomic mass is 10.1. The second kappa shape index (κ2) is 9.75. The van der Waals surface area contributed by atoms with Crippen molar-refractivity contribution in [1.29, 1.82) is 0 Å². The summed E-state index contributed by atoms with van der Waals surface area (Å²) in [6, 6.07) is 8.73. The maximum absolute atomic E-state index is 12.6. The van der Waals surface area contributed by atoms with Crippen molar-refractivity contribution in [3.05, 3.63) is 47.9 Å². The van der Waals surface area contributed by atoms with Crippen molar-refractivity contribution >= 4 is 16.0 Å². The maximum Gasteiger partial charge on any atom is 0.220 e. The molecular weight excluding hydrogens is 394 g/mol. The van der Waals surface area contributed by atoms with Gasteiger partial charge < -0.3 is 19.8 Å². The number of hydrogen-bond donors (Lipinski definition) is 2. The van der Waals surface area contributed by atoms with Crippen LogP contribution in [0.2, 0.25) is 0 Å². The molecule has 0 atom stereocenters. The van der Waals surface area contributed by atoms with Gasteiger partial charge in [0, 0.05) is 45.3 Å². The van der Waals surface area contributed by atoms with Gasteiger partial charge in [-0.25, -0.2) is 8.42 Å². The molecule has 29 heavy (non-hydrogen) atoms. The van der Waals surface area contributed by atoms with Crippen LogP contribution in [-0.4, -0.2) is 73.1 Å². The molecule has 0 aliphatic carbocycles. The summed E-state index contributed by atoms with van der Waals surface area (Å²) in [5.41, 5.74) is 1.43. The van der Waals surface area contributed by atoms with Gasteiger partial charge in [0.05, 0.1) is 5.69 Å². The number of rotatable bonds is 7. The zero-order valence-electron chi connectivity index (χ0n) is 16.5. The van der Waals surface area contributed by atoms with Crippen molar-refractivity contribution in [2.45, 2.75) is 19.1 Å². The number of nitrogens with one attached hydrogen (secondary N) is 1. The molecule has 0 bridgehead atoms. The highest BCUT2D eigenvalue weighted by Gasteiger charge is 2.28. The molecule has 158 valence electrons. The van der Waals surface area contributed by atoms with Crippen LogP contribution in [0.5, 0.6) is 5.75 Å². The number of phenolic OH excluding ortho intramolecular Hbond substituents is 1. The molecule has 0 spiro atoms. The minimum atomic E-state index is -3.42. The van der Waals surface area contributed by atoms with E-state index in [1.807, 2.05) is 19.1 Å². The van der Waals surface area contributed by atoms with Crippen LogP contribution >= 0.6 is 0 Å². The third-order valence-corrected chi connectivity index (χ3v) is 6.47. The van der Waals surface area contributed by atoms with Crippen molar-refractivity contribution in [3.8, 4) is 5.75 Å². The highest BCUT2D eigenvalue weighted by molar-refractivity contribution is 7.88. The number of sulfonamides is 1. The van der Waals surface area contributed by atoms with Crippen LogP contribution in [0.4, 0.5) is 0 Å². The molecule has 1 aliphatic heterocycles. The van der Waals surface area contributed by atoms with Crippen LogP contribution in [-0.2, 0) is 22.2 Å². The predicted octanol–water partition coefficient (Wildman–Crippen LogP) is 1.04.